The molecule has 0 N–H and O–H groups in total. The molecule has 1 aromatic carbocycles. The van der Waals surface area contributed by atoms with Crippen molar-refractivity contribution in [2.24, 2.45) is 5.92 Å². The van der Waals surface area contributed by atoms with Gasteiger partial charge in [0.25, 0.3) is 0 Å². The number of carbonyl (C=O) groups excluding carboxylic acids is 2. The Morgan fingerprint density at radius 1 is 1.00 bits per heavy atom. The summed E-state index contributed by atoms with van der Waals surface area (Å²) >= 11 is 0. The van der Waals surface area contributed by atoms with Crippen molar-refractivity contribution in [1.82, 2.24) is 14.7 Å². The number of amides is 3. The highest BCUT2D eigenvalue weighted by Gasteiger charge is 2.38. The van der Waals surface area contributed by atoms with Gasteiger partial charge in [-0.2, -0.15) is 0 Å². The van der Waals surface area contributed by atoms with E-state index >= 15 is 0 Å². The largest absolute Gasteiger partial charge is 0.339 e. The number of benzene rings is 1. The number of nitrogens with zero attached hydrogens (tertiary/aromatic N) is 3. The van der Waals surface area contributed by atoms with Crippen LogP contribution in [0.5, 0.6) is 0 Å². The van der Waals surface area contributed by atoms with Crippen molar-refractivity contribution in [2.45, 2.75) is 64.8 Å². The van der Waals surface area contributed by atoms with Crippen LogP contribution in [0, 0.1) is 5.92 Å². The number of piperidine rings is 1. The number of hydrogen-bond donors (Lipinski definition) is 0. The standard InChI is InChI=1S/C24H37N3O2/c1-4-21(19-11-8-7-9-12-19)22-13-10-16-27(22)23(28)20-14-17-26(18-15-20)24(29)25(5-2)6-3/h7-9,11-12,20-22H,4-6,10,13-18H2,1-3H3/t21-,22+/m1/s1. The fourth-order valence-electron chi connectivity index (χ4n) is 5.16. The summed E-state index contributed by atoms with van der Waals surface area (Å²) in [5.74, 6) is 0.786. The van der Waals surface area contributed by atoms with Gasteiger partial charge in [0.05, 0.1) is 0 Å². The topological polar surface area (TPSA) is 43.9 Å². The van der Waals surface area contributed by atoms with Crippen LogP contribution in [0.15, 0.2) is 30.3 Å². The number of carbonyl (C=O) groups is 2. The molecule has 2 aliphatic heterocycles. The monoisotopic (exact) mass is 399 g/mol. The van der Waals surface area contributed by atoms with E-state index in [1.807, 2.05) is 23.6 Å². The lowest BCUT2D eigenvalue weighted by atomic mass is 9.86. The fraction of sp³-hybridized carbons (Fsp3) is 0.667. The summed E-state index contributed by atoms with van der Waals surface area (Å²) in [7, 11) is 0. The SMILES string of the molecule is CC[C@H](c1ccccc1)[C@@H]1CCCN1C(=O)C1CCN(C(=O)N(CC)CC)CC1. The minimum Gasteiger partial charge on any atom is -0.339 e. The van der Waals surface area contributed by atoms with E-state index in [2.05, 4.69) is 42.2 Å². The molecule has 0 aliphatic carbocycles. The quantitative estimate of drug-likeness (QED) is 0.714. The summed E-state index contributed by atoms with van der Waals surface area (Å²) in [4.78, 5) is 32.0. The first-order valence-corrected chi connectivity index (χ1v) is 11.5. The molecule has 0 aromatic heterocycles. The molecule has 2 fully saturated rings. The van der Waals surface area contributed by atoms with Gasteiger partial charge in [0.1, 0.15) is 0 Å². The van der Waals surface area contributed by atoms with Crippen LogP contribution in [0.1, 0.15) is 64.4 Å². The van der Waals surface area contributed by atoms with E-state index in [4.69, 9.17) is 0 Å². The third-order valence-electron chi connectivity index (χ3n) is 6.86. The van der Waals surface area contributed by atoms with Gasteiger partial charge in [-0.25, -0.2) is 4.79 Å². The molecule has 0 saturated carbocycles. The van der Waals surface area contributed by atoms with Gasteiger partial charge in [-0.05, 0) is 51.5 Å². The smallest absolute Gasteiger partial charge is 0.319 e. The van der Waals surface area contributed by atoms with Gasteiger partial charge in [-0.15, -0.1) is 0 Å². The van der Waals surface area contributed by atoms with Gasteiger partial charge in [0.2, 0.25) is 5.91 Å². The van der Waals surface area contributed by atoms with Crippen molar-refractivity contribution in [3.8, 4) is 0 Å². The second-order valence-corrected chi connectivity index (χ2v) is 8.38. The molecule has 5 nitrogen and oxygen atoms in total. The summed E-state index contributed by atoms with van der Waals surface area (Å²) in [6.45, 7) is 10.0. The normalized spacial score (nSPS) is 21.3. The molecule has 3 rings (SSSR count). The van der Waals surface area contributed by atoms with Gasteiger partial charge < -0.3 is 14.7 Å². The molecule has 5 heteroatoms. The van der Waals surface area contributed by atoms with Crippen molar-refractivity contribution >= 4 is 11.9 Å². The average Bonchev–Trinajstić information content (AvgIpc) is 3.25. The minimum absolute atomic E-state index is 0.0598. The number of urea groups is 1. The summed E-state index contributed by atoms with van der Waals surface area (Å²) in [5.41, 5.74) is 1.35. The van der Waals surface area contributed by atoms with E-state index < -0.39 is 0 Å². The highest BCUT2D eigenvalue weighted by atomic mass is 16.2. The third kappa shape index (κ3) is 4.76. The first kappa shape index (κ1) is 21.7. The van der Waals surface area contributed by atoms with Gasteiger partial charge in [0, 0.05) is 50.6 Å². The highest BCUT2D eigenvalue weighted by Crippen LogP contribution is 2.35. The first-order valence-electron chi connectivity index (χ1n) is 11.5. The van der Waals surface area contributed by atoms with Crippen molar-refractivity contribution in [1.29, 1.82) is 0 Å². The van der Waals surface area contributed by atoms with Crippen LogP contribution in [-0.4, -0.2) is 65.4 Å². The van der Waals surface area contributed by atoms with E-state index in [0.29, 0.717) is 31.0 Å². The van der Waals surface area contributed by atoms with Crippen molar-refractivity contribution in [3.05, 3.63) is 35.9 Å². The van der Waals surface area contributed by atoms with Gasteiger partial charge in [0.15, 0.2) is 0 Å². The Morgan fingerprint density at radius 3 is 2.24 bits per heavy atom. The van der Waals surface area contributed by atoms with E-state index in [9.17, 15) is 9.59 Å². The van der Waals surface area contributed by atoms with E-state index in [1.165, 1.54) is 5.56 Å². The Bertz CT molecular complexity index is 666. The zero-order valence-corrected chi connectivity index (χ0v) is 18.3. The van der Waals surface area contributed by atoms with Crippen molar-refractivity contribution in [2.75, 3.05) is 32.7 Å². The molecule has 1 aromatic rings. The van der Waals surface area contributed by atoms with Crippen LogP contribution >= 0.6 is 0 Å². The summed E-state index contributed by atoms with van der Waals surface area (Å²) in [6.07, 6.45) is 4.82. The van der Waals surface area contributed by atoms with Crippen LogP contribution in [0.3, 0.4) is 0 Å². The Morgan fingerprint density at radius 2 is 1.66 bits per heavy atom. The first-order chi connectivity index (χ1) is 14.1. The van der Waals surface area contributed by atoms with Crippen LogP contribution < -0.4 is 0 Å². The highest BCUT2D eigenvalue weighted by molar-refractivity contribution is 5.80. The molecule has 0 spiro atoms. The minimum atomic E-state index is 0.0598. The molecule has 29 heavy (non-hydrogen) atoms. The zero-order chi connectivity index (χ0) is 20.8. The predicted molar refractivity (Wildman–Crippen MR) is 117 cm³/mol. The summed E-state index contributed by atoms with van der Waals surface area (Å²) < 4.78 is 0. The number of hydrogen-bond acceptors (Lipinski definition) is 2. The second-order valence-electron chi connectivity index (χ2n) is 8.38. The van der Waals surface area contributed by atoms with Crippen molar-refractivity contribution < 1.29 is 9.59 Å². The maximum atomic E-state index is 13.4. The van der Waals surface area contributed by atoms with Crippen LogP contribution in [-0.2, 0) is 4.79 Å². The van der Waals surface area contributed by atoms with Gasteiger partial charge in [-0.3, -0.25) is 4.79 Å². The van der Waals surface area contributed by atoms with Crippen LogP contribution in [0.2, 0.25) is 0 Å². The number of likely N-dealkylation sites (tertiary alicyclic amines) is 2. The molecule has 2 aliphatic rings. The zero-order valence-electron chi connectivity index (χ0n) is 18.3. The third-order valence-corrected chi connectivity index (χ3v) is 6.86. The Kier molecular flexibility index (Phi) is 7.57. The molecule has 0 bridgehead atoms. The van der Waals surface area contributed by atoms with E-state index in [1.54, 1.807) is 0 Å². The summed E-state index contributed by atoms with van der Waals surface area (Å²) in [5, 5.41) is 0. The predicted octanol–water partition coefficient (Wildman–Crippen LogP) is 4.35. The molecule has 0 radical (unpaired) electrons. The lowest BCUT2D eigenvalue weighted by molar-refractivity contribution is -0.138. The fourth-order valence-corrected chi connectivity index (χ4v) is 5.16. The Hall–Kier alpha value is -2.04. The Balaban J connectivity index is 1.62. The molecule has 2 heterocycles. The summed E-state index contributed by atoms with van der Waals surface area (Å²) in [6, 6.07) is 11.1. The molecule has 3 amide bonds. The number of rotatable bonds is 6. The van der Waals surface area contributed by atoms with Crippen LogP contribution in [0.25, 0.3) is 0 Å². The second kappa shape index (κ2) is 10.1. The average molecular weight is 400 g/mol. The molecule has 2 atom stereocenters. The van der Waals surface area contributed by atoms with Crippen molar-refractivity contribution in [3.63, 3.8) is 0 Å². The molecule has 160 valence electrons. The molecule has 0 unspecified atom stereocenters. The molecular weight excluding hydrogens is 362 g/mol. The lowest BCUT2D eigenvalue weighted by Gasteiger charge is -2.38. The van der Waals surface area contributed by atoms with Gasteiger partial charge in [-0.1, -0.05) is 37.3 Å². The lowest BCUT2D eigenvalue weighted by Crippen LogP contribution is -2.50. The Labute approximate surface area is 176 Å². The van der Waals surface area contributed by atoms with Crippen LogP contribution in [0.4, 0.5) is 4.79 Å². The van der Waals surface area contributed by atoms with E-state index in [-0.39, 0.29) is 11.9 Å². The maximum Gasteiger partial charge on any atom is 0.319 e. The molecule has 2 saturated heterocycles. The maximum absolute atomic E-state index is 13.4. The van der Waals surface area contributed by atoms with Gasteiger partial charge >= 0.3 is 6.03 Å². The van der Waals surface area contributed by atoms with E-state index in [0.717, 1.165) is 51.7 Å². The molecular formula is C24H37N3O2.